The molecule has 1 heterocycles. The predicted octanol–water partition coefficient (Wildman–Crippen LogP) is 2.81. The van der Waals surface area contributed by atoms with Crippen LogP contribution in [0.3, 0.4) is 0 Å². The smallest absolute Gasteiger partial charge is 0.122 e. The largest absolute Gasteiger partial charge is 0.382 e. The standard InChI is InChI=1S/C11H10Cl2N2O/c1-15-6-14-5-10(15)11(16)8-4-7(12)2-3-9(8)13/h2-6,11,16H,1H3. The molecule has 1 aromatic carbocycles. The maximum absolute atomic E-state index is 10.2. The molecule has 2 rings (SSSR count). The molecule has 3 nitrogen and oxygen atoms in total. The van der Waals surface area contributed by atoms with Gasteiger partial charge in [0.1, 0.15) is 6.10 Å². The Morgan fingerprint density at radius 3 is 2.75 bits per heavy atom. The highest BCUT2D eigenvalue weighted by molar-refractivity contribution is 6.33. The molecule has 84 valence electrons. The molecule has 0 aliphatic heterocycles. The van der Waals surface area contributed by atoms with Gasteiger partial charge in [-0.25, -0.2) is 4.98 Å². The second kappa shape index (κ2) is 4.45. The van der Waals surface area contributed by atoms with Crippen LogP contribution < -0.4 is 0 Å². The molecule has 0 aliphatic carbocycles. The summed E-state index contributed by atoms with van der Waals surface area (Å²) in [6.07, 6.45) is 2.40. The minimum Gasteiger partial charge on any atom is -0.382 e. The van der Waals surface area contributed by atoms with Crippen molar-refractivity contribution in [2.75, 3.05) is 0 Å². The van der Waals surface area contributed by atoms with Crippen molar-refractivity contribution in [1.29, 1.82) is 0 Å². The number of aryl methyl sites for hydroxylation is 1. The van der Waals surface area contributed by atoms with Gasteiger partial charge >= 0.3 is 0 Å². The first-order chi connectivity index (χ1) is 7.59. The van der Waals surface area contributed by atoms with E-state index in [0.717, 1.165) is 0 Å². The van der Waals surface area contributed by atoms with Crippen molar-refractivity contribution in [1.82, 2.24) is 9.55 Å². The van der Waals surface area contributed by atoms with E-state index >= 15 is 0 Å². The Balaban J connectivity index is 2.45. The van der Waals surface area contributed by atoms with Crippen LogP contribution in [0.2, 0.25) is 10.0 Å². The van der Waals surface area contributed by atoms with Gasteiger partial charge in [0.25, 0.3) is 0 Å². The van der Waals surface area contributed by atoms with E-state index in [2.05, 4.69) is 4.98 Å². The lowest BCUT2D eigenvalue weighted by atomic mass is 10.1. The molecule has 16 heavy (non-hydrogen) atoms. The predicted molar refractivity (Wildman–Crippen MR) is 63.7 cm³/mol. The van der Waals surface area contributed by atoms with Gasteiger partial charge in [0.15, 0.2) is 0 Å². The van der Waals surface area contributed by atoms with Crippen molar-refractivity contribution in [2.45, 2.75) is 6.10 Å². The second-order valence-corrected chi connectivity index (χ2v) is 4.34. The molecule has 0 amide bonds. The Kier molecular flexibility index (Phi) is 3.19. The summed E-state index contributed by atoms with van der Waals surface area (Å²) in [6.45, 7) is 0. The first kappa shape index (κ1) is 11.5. The summed E-state index contributed by atoms with van der Waals surface area (Å²) in [5.74, 6) is 0. The van der Waals surface area contributed by atoms with Crippen molar-refractivity contribution in [3.8, 4) is 0 Å². The SMILES string of the molecule is Cn1cncc1C(O)c1cc(Cl)ccc1Cl. The normalized spacial score (nSPS) is 12.8. The lowest BCUT2D eigenvalue weighted by Gasteiger charge is -2.13. The summed E-state index contributed by atoms with van der Waals surface area (Å²) >= 11 is 11.9. The van der Waals surface area contributed by atoms with Gasteiger partial charge in [-0.1, -0.05) is 23.2 Å². The highest BCUT2D eigenvalue weighted by Gasteiger charge is 2.17. The minimum absolute atomic E-state index is 0.484. The van der Waals surface area contributed by atoms with Crippen molar-refractivity contribution in [3.63, 3.8) is 0 Å². The van der Waals surface area contributed by atoms with Crippen LogP contribution in [0.15, 0.2) is 30.7 Å². The second-order valence-electron chi connectivity index (χ2n) is 3.50. The lowest BCUT2D eigenvalue weighted by Crippen LogP contribution is -2.05. The van der Waals surface area contributed by atoms with Crippen LogP contribution in [0.5, 0.6) is 0 Å². The molecule has 0 bridgehead atoms. The maximum atomic E-state index is 10.2. The van der Waals surface area contributed by atoms with Crippen molar-refractivity contribution < 1.29 is 5.11 Å². The number of nitrogens with zero attached hydrogens (tertiary/aromatic N) is 2. The molecule has 1 aromatic heterocycles. The molecule has 2 aromatic rings. The summed E-state index contributed by atoms with van der Waals surface area (Å²) < 4.78 is 1.74. The average molecular weight is 257 g/mol. The van der Waals surface area contributed by atoms with Crippen LogP contribution in [0, 0.1) is 0 Å². The van der Waals surface area contributed by atoms with Gasteiger partial charge < -0.3 is 9.67 Å². The summed E-state index contributed by atoms with van der Waals surface area (Å²) in [6, 6.07) is 5.00. The number of rotatable bonds is 2. The van der Waals surface area contributed by atoms with Crippen molar-refractivity contribution in [3.05, 3.63) is 52.0 Å². The zero-order valence-corrected chi connectivity index (χ0v) is 10.1. The summed E-state index contributed by atoms with van der Waals surface area (Å²) in [5.41, 5.74) is 1.25. The van der Waals surface area contributed by atoms with Crippen LogP contribution in [0.4, 0.5) is 0 Å². The van der Waals surface area contributed by atoms with E-state index < -0.39 is 6.10 Å². The third kappa shape index (κ3) is 2.07. The Bertz CT molecular complexity index is 510. The monoisotopic (exact) mass is 256 g/mol. The molecule has 0 aliphatic rings. The van der Waals surface area contributed by atoms with Gasteiger partial charge in [0.2, 0.25) is 0 Å². The third-order valence-electron chi connectivity index (χ3n) is 2.39. The van der Waals surface area contributed by atoms with Gasteiger partial charge in [0.05, 0.1) is 18.2 Å². The van der Waals surface area contributed by atoms with Crippen LogP contribution in [-0.2, 0) is 7.05 Å². The molecule has 5 heteroatoms. The quantitative estimate of drug-likeness (QED) is 0.898. The molecule has 0 saturated heterocycles. The van der Waals surface area contributed by atoms with E-state index in [-0.39, 0.29) is 0 Å². The Labute approximate surface area is 103 Å². The summed E-state index contributed by atoms with van der Waals surface area (Å²) in [5, 5.41) is 11.2. The number of halogens is 2. The molecule has 1 atom stereocenters. The first-order valence-corrected chi connectivity index (χ1v) is 5.44. The Morgan fingerprint density at radius 1 is 1.38 bits per heavy atom. The molecule has 1 unspecified atom stereocenters. The van der Waals surface area contributed by atoms with Crippen molar-refractivity contribution in [2.24, 2.45) is 7.05 Å². The fraction of sp³-hybridized carbons (Fsp3) is 0.182. The highest BCUT2D eigenvalue weighted by atomic mass is 35.5. The van der Waals surface area contributed by atoms with E-state index in [1.54, 1.807) is 35.3 Å². The summed E-state index contributed by atoms with van der Waals surface area (Å²) in [7, 11) is 1.81. The van der Waals surface area contributed by atoms with Crippen LogP contribution in [-0.4, -0.2) is 14.7 Å². The molecule has 1 N–H and O–H groups in total. The number of hydrogen-bond donors (Lipinski definition) is 1. The fourth-order valence-corrected chi connectivity index (χ4v) is 1.92. The number of aliphatic hydroxyl groups excluding tert-OH is 1. The van der Waals surface area contributed by atoms with Gasteiger partial charge in [-0.05, 0) is 18.2 Å². The Hall–Kier alpha value is -1.03. The number of benzene rings is 1. The molecule has 0 spiro atoms. The number of aliphatic hydroxyl groups is 1. The fourth-order valence-electron chi connectivity index (χ4n) is 1.51. The number of imidazole rings is 1. The van der Waals surface area contributed by atoms with Crippen molar-refractivity contribution >= 4 is 23.2 Å². The minimum atomic E-state index is -0.821. The van der Waals surface area contributed by atoms with Gasteiger partial charge in [-0.3, -0.25) is 0 Å². The van der Waals surface area contributed by atoms with E-state index in [0.29, 0.717) is 21.3 Å². The third-order valence-corrected chi connectivity index (χ3v) is 2.97. The highest BCUT2D eigenvalue weighted by Crippen LogP contribution is 2.30. The maximum Gasteiger partial charge on any atom is 0.122 e. The summed E-state index contributed by atoms with van der Waals surface area (Å²) in [4.78, 5) is 3.95. The molecule has 0 fully saturated rings. The van der Waals surface area contributed by atoms with E-state index in [9.17, 15) is 5.11 Å². The molecule has 0 saturated carbocycles. The van der Waals surface area contributed by atoms with E-state index in [4.69, 9.17) is 23.2 Å². The molecular formula is C11H10Cl2N2O. The average Bonchev–Trinajstić information content (AvgIpc) is 2.67. The number of hydrogen-bond acceptors (Lipinski definition) is 2. The topological polar surface area (TPSA) is 38.0 Å². The number of aromatic nitrogens is 2. The van der Waals surface area contributed by atoms with Crippen LogP contribution in [0.25, 0.3) is 0 Å². The van der Waals surface area contributed by atoms with Gasteiger partial charge in [-0.2, -0.15) is 0 Å². The van der Waals surface area contributed by atoms with Crippen LogP contribution in [0.1, 0.15) is 17.4 Å². The van der Waals surface area contributed by atoms with Gasteiger partial charge in [-0.15, -0.1) is 0 Å². The van der Waals surface area contributed by atoms with Crippen LogP contribution >= 0.6 is 23.2 Å². The molecule has 0 radical (unpaired) electrons. The zero-order chi connectivity index (χ0) is 11.7. The first-order valence-electron chi connectivity index (χ1n) is 4.69. The Morgan fingerprint density at radius 2 is 2.12 bits per heavy atom. The van der Waals surface area contributed by atoms with E-state index in [1.165, 1.54) is 0 Å². The molecular weight excluding hydrogens is 247 g/mol. The van der Waals surface area contributed by atoms with E-state index in [1.807, 2.05) is 7.05 Å². The van der Waals surface area contributed by atoms with Gasteiger partial charge in [0, 0.05) is 22.7 Å². The zero-order valence-electron chi connectivity index (χ0n) is 8.56. The lowest BCUT2D eigenvalue weighted by molar-refractivity contribution is 0.211.